The van der Waals surface area contributed by atoms with Crippen molar-refractivity contribution >= 4 is 39.1 Å². The molecule has 116 valence electrons. The third-order valence-electron chi connectivity index (χ3n) is 3.57. The normalized spacial score (nSPS) is 19.6. The van der Waals surface area contributed by atoms with E-state index in [1.54, 1.807) is 18.4 Å². The van der Waals surface area contributed by atoms with Crippen molar-refractivity contribution in [2.45, 2.75) is 25.8 Å². The number of carbonyl (C=O) groups is 1. The van der Waals surface area contributed by atoms with Crippen molar-refractivity contribution in [3.63, 3.8) is 0 Å². The summed E-state index contributed by atoms with van der Waals surface area (Å²) in [7, 11) is 1.80. The first-order valence-electron chi connectivity index (χ1n) is 7.06. The van der Waals surface area contributed by atoms with E-state index in [-0.39, 0.29) is 5.91 Å². The van der Waals surface area contributed by atoms with Crippen LogP contribution >= 0.6 is 27.3 Å². The van der Waals surface area contributed by atoms with Gasteiger partial charge in [-0.05, 0) is 46.8 Å². The summed E-state index contributed by atoms with van der Waals surface area (Å²) in [5.41, 5.74) is 5.31. The third-order valence-corrected chi connectivity index (χ3v) is 5.19. The molecule has 0 bridgehead atoms. The number of likely N-dealkylation sites (tertiary alicyclic amines) is 1. The zero-order valence-corrected chi connectivity index (χ0v) is 14.5. The molecule has 1 unspecified atom stereocenters. The SMILES string of the molecule is CN=C(NCc1ccc(Br)s1)N1CCCC(CC(N)=O)C1. The van der Waals surface area contributed by atoms with E-state index >= 15 is 0 Å². The Bertz CT molecular complexity index is 517. The molecule has 1 saturated heterocycles. The smallest absolute Gasteiger partial charge is 0.217 e. The summed E-state index contributed by atoms with van der Waals surface area (Å²) in [6, 6.07) is 4.15. The Morgan fingerprint density at radius 1 is 1.62 bits per heavy atom. The summed E-state index contributed by atoms with van der Waals surface area (Å²) in [4.78, 5) is 18.9. The maximum absolute atomic E-state index is 11.1. The summed E-state index contributed by atoms with van der Waals surface area (Å²) in [6.45, 7) is 2.58. The highest BCUT2D eigenvalue weighted by molar-refractivity contribution is 9.11. The van der Waals surface area contributed by atoms with Crippen molar-refractivity contribution in [3.05, 3.63) is 20.8 Å². The van der Waals surface area contributed by atoms with E-state index in [2.05, 4.69) is 37.2 Å². The van der Waals surface area contributed by atoms with Crippen molar-refractivity contribution < 1.29 is 4.79 Å². The van der Waals surface area contributed by atoms with Crippen molar-refractivity contribution in [1.29, 1.82) is 0 Å². The summed E-state index contributed by atoms with van der Waals surface area (Å²) < 4.78 is 1.13. The minimum atomic E-state index is -0.215. The van der Waals surface area contributed by atoms with Gasteiger partial charge < -0.3 is 16.0 Å². The van der Waals surface area contributed by atoms with E-state index in [0.29, 0.717) is 12.3 Å². The Morgan fingerprint density at radius 2 is 2.43 bits per heavy atom. The number of amides is 1. The van der Waals surface area contributed by atoms with E-state index in [9.17, 15) is 4.79 Å². The predicted octanol–water partition coefficient (Wildman–Crippen LogP) is 2.17. The zero-order valence-electron chi connectivity index (χ0n) is 12.1. The molecule has 0 aliphatic carbocycles. The molecule has 0 radical (unpaired) electrons. The van der Waals surface area contributed by atoms with E-state index in [0.717, 1.165) is 42.2 Å². The molecule has 1 aliphatic rings. The maximum Gasteiger partial charge on any atom is 0.217 e. The number of hydrogen-bond acceptors (Lipinski definition) is 3. The molecule has 1 aliphatic heterocycles. The monoisotopic (exact) mass is 372 g/mol. The topological polar surface area (TPSA) is 70.7 Å². The maximum atomic E-state index is 11.1. The number of aliphatic imine (C=N–C) groups is 1. The fourth-order valence-corrected chi connectivity index (χ4v) is 4.08. The highest BCUT2D eigenvalue weighted by Gasteiger charge is 2.23. The lowest BCUT2D eigenvalue weighted by molar-refractivity contribution is -0.119. The molecule has 1 aromatic rings. The molecule has 3 N–H and O–H groups in total. The lowest BCUT2D eigenvalue weighted by Gasteiger charge is -2.34. The quantitative estimate of drug-likeness (QED) is 0.628. The second-order valence-corrected chi connectivity index (χ2v) is 7.78. The van der Waals surface area contributed by atoms with Gasteiger partial charge in [-0.25, -0.2) is 0 Å². The number of carbonyl (C=O) groups excluding carboxylic acids is 1. The first kappa shape index (κ1) is 16.3. The average molecular weight is 373 g/mol. The van der Waals surface area contributed by atoms with Gasteiger partial charge in [0.05, 0.1) is 10.3 Å². The fourth-order valence-electron chi connectivity index (χ4n) is 2.65. The van der Waals surface area contributed by atoms with Gasteiger partial charge >= 0.3 is 0 Å². The van der Waals surface area contributed by atoms with Crippen LogP contribution in [-0.4, -0.2) is 36.9 Å². The van der Waals surface area contributed by atoms with Crippen LogP contribution in [0.1, 0.15) is 24.1 Å². The standard InChI is InChI=1S/C14H21BrN4OS/c1-17-14(18-8-11-4-5-12(15)21-11)19-6-2-3-10(9-19)7-13(16)20/h4-5,10H,2-3,6-9H2,1H3,(H2,16,20)(H,17,18). The van der Waals surface area contributed by atoms with Crippen LogP contribution in [0, 0.1) is 5.92 Å². The number of guanidine groups is 1. The van der Waals surface area contributed by atoms with Gasteiger partial charge in [0.2, 0.25) is 5.91 Å². The third kappa shape index (κ3) is 5.00. The largest absolute Gasteiger partial charge is 0.370 e. The van der Waals surface area contributed by atoms with E-state index in [1.807, 2.05) is 6.07 Å². The Hall–Kier alpha value is -1.08. The molecular weight excluding hydrogens is 352 g/mol. The van der Waals surface area contributed by atoms with Gasteiger partial charge in [-0.3, -0.25) is 9.79 Å². The molecule has 0 aromatic carbocycles. The Kier molecular flexibility index (Phi) is 6.05. The average Bonchev–Trinajstić information content (AvgIpc) is 2.85. The second kappa shape index (κ2) is 7.79. The molecule has 21 heavy (non-hydrogen) atoms. The molecule has 1 amide bonds. The van der Waals surface area contributed by atoms with Gasteiger partial charge in [-0.1, -0.05) is 0 Å². The zero-order chi connectivity index (χ0) is 15.2. The fraction of sp³-hybridized carbons (Fsp3) is 0.571. The van der Waals surface area contributed by atoms with E-state index in [4.69, 9.17) is 5.73 Å². The van der Waals surface area contributed by atoms with Gasteiger partial charge in [-0.2, -0.15) is 0 Å². The molecule has 1 aromatic heterocycles. The molecule has 1 fully saturated rings. The van der Waals surface area contributed by atoms with Gasteiger partial charge in [-0.15, -0.1) is 11.3 Å². The number of hydrogen-bond donors (Lipinski definition) is 2. The van der Waals surface area contributed by atoms with Crippen LogP contribution in [0.5, 0.6) is 0 Å². The van der Waals surface area contributed by atoms with E-state index in [1.165, 1.54) is 4.88 Å². The summed E-state index contributed by atoms with van der Waals surface area (Å²) in [5, 5.41) is 3.39. The number of nitrogens with one attached hydrogen (secondary N) is 1. The van der Waals surface area contributed by atoms with Crippen LogP contribution in [-0.2, 0) is 11.3 Å². The molecule has 0 spiro atoms. The van der Waals surface area contributed by atoms with Crippen molar-refractivity contribution in [2.24, 2.45) is 16.6 Å². The molecular formula is C14H21BrN4OS. The number of rotatable bonds is 4. The molecule has 5 nitrogen and oxygen atoms in total. The lowest BCUT2D eigenvalue weighted by atomic mass is 9.95. The summed E-state index contributed by atoms with van der Waals surface area (Å²) in [6.07, 6.45) is 2.60. The number of halogens is 1. The van der Waals surface area contributed by atoms with Gasteiger partial charge in [0, 0.05) is 31.4 Å². The number of nitrogens with two attached hydrogens (primary N) is 1. The van der Waals surface area contributed by atoms with Gasteiger partial charge in [0.1, 0.15) is 0 Å². The minimum Gasteiger partial charge on any atom is -0.370 e. The van der Waals surface area contributed by atoms with Crippen molar-refractivity contribution in [3.8, 4) is 0 Å². The highest BCUT2D eigenvalue weighted by Crippen LogP contribution is 2.22. The molecule has 2 rings (SSSR count). The molecule has 1 atom stereocenters. The van der Waals surface area contributed by atoms with Crippen LogP contribution in [0.3, 0.4) is 0 Å². The number of piperidine rings is 1. The van der Waals surface area contributed by atoms with Crippen molar-refractivity contribution in [2.75, 3.05) is 20.1 Å². The number of nitrogens with zero attached hydrogens (tertiary/aromatic N) is 2. The Balaban J connectivity index is 1.89. The van der Waals surface area contributed by atoms with Crippen LogP contribution < -0.4 is 11.1 Å². The second-order valence-electron chi connectivity index (χ2n) is 5.23. The minimum absolute atomic E-state index is 0.215. The van der Waals surface area contributed by atoms with E-state index < -0.39 is 0 Å². The number of primary amides is 1. The molecule has 0 saturated carbocycles. The molecule has 7 heteroatoms. The van der Waals surface area contributed by atoms with Crippen LogP contribution in [0.15, 0.2) is 20.9 Å². The van der Waals surface area contributed by atoms with Crippen molar-refractivity contribution in [1.82, 2.24) is 10.2 Å². The Labute approximate surface area is 137 Å². The van der Waals surface area contributed by atoms with Crippen LogP contribution in [0.4, 0.5) is 0 Å². The van der Waals surface area contributed by atoms with Crippen LogP contribution in [0.2, 0.25) is 0 Å². The first-order valence-corrected chi connectivity index (χ1v) is 8.67. The Morgan fingerprint density at radius 3 is 3.05 bits per heavy atom. The van der Waals surface area contributed by atoms with Crippen LogP contribution in [0.25, 0.3) is 0 Å². The predicted molar refractivity (Wildman–Crippen MR) is 90.3 cm³/mol. The van der Waals surface area contributed by atoms with Gasteiger partial charge in [0.15, 0.2) is 5.96 Å². The summed E-state index contributed by atoms with van der Waals surface area (Å²) in [5.74, 6) is 1.02. The number of thiophene rings is 1. The first-order chi connectivity index (χ1) is 10.1. The van der Waals surface area contributed by atoms with Gasteiger partial charge in [0.25, 0.3) is 0 Å². The molecule has 2 heterocycles. The lowest BCUT2D eigenvalue weighted by Crippen LogP contribution is -2.46. The summed E-state index contributed by atoms with van der Waals surface area (Å²) >= 11 is 5.19. The highest BCUT2D eigenvalue weighted by atomic mass is 79.9.